The molecule has 0 saturated heterocycles. The maximum absolute atomic E-state index is 11.2. The number of carbonyl (C=O) groups is 1. The average molecular weight is 275 g/mol. The van der Waals surface area contributed by atoms with E-state index in [1.54, 1.807) is 18.3 Å². The van der Waals surface area contributed by atoms with Crippen LogP contribution in [0.15, 0.2) is 23.6 Å². The van der Waals surface area contributed by atoms with Gasteiger partial charge in [0.2, 0.25) is 0 Å². The van der Waals surface area contributed by atoms with Gasteiger partial charge in [0, 0.05) is 16.3 Å². The monoisotopic (exact) mass is 274 g/mol. The summed E-state index contributed by atoms with van der Waals surface area (Å²) in [5.74, 6) is -0.282. The molecule has 0 aliphatic heterocycles. The number of thiophene rings is 1. The number of alkyl halides is 1. The summed E-state index contributed by atoms with van der Waals surface area (Å²) in [6.45, 7) is 2.21. The highest BCUT2D eigenvalue weighted by Crippen LogP contribution is 2.21. The molecule has 0 atom stereocenters. The Balaban J connectivity index is 2.76. The summed E-state index contributed by atoms with van der Waals surface area (Å²) in [4.78, 5) is 12.3. The van der Waals surface area contributed by atoms with E-state index in [0.29, 0.717) is 11.9 Å². The summed E-state index contributed by atoms with van der Waals surface area (Å²) < 4.78 is 4.84. The Hall–Kier alpha value is -0.610. The Morgan fingerprint density at radius 2 is 2.50 bits per heavy atom. The molecule has 76 valence electrons. The van der Waals surface area contributed by atoms with Crippen LogP contribution >= 0.6 is 27.3 Å². The summed E-state index contributed by atoms with van der Waals surface area (Å²) in [5.41, 5.74) is 0.957. The fourth-order valence-electron chi connectivity index (χ4n) is 0.963. The van der Waals surface area contributed by atoms with Gasteiger partial charge in [-0.2, -0.15) is 0 Å². The normalized spacial score (nSPS) is 11.4. The summed E-state index contributed by atoms with van der Waals surface area (Å²) in [6, 6.07) is 3.94. The van der Waals surface area contributed by atoms with Crippen molar-refractivity contribution in [3.8, 4) is 0 Å². The van der Waals surface area contributed by atoms with E-state index < -0.39 is 0 Å². The number of halogens is 1. The zero-order valence-corrected chi connectivity index (χ0v) is 10.2. The van der Waals surface area contributed by atoms with Crippen LogP contribution in [0.3, 0.4) is 0 Å². The molecule has 0 unspecified atom stereocenters. The highest BCUT2D eigenvalue weighted by molar-refractivity contribution is 9.09. The van der Waals surface area contributed by atoms with Gasteiger partial charge in [-0.15, -0.1) is 11.3 Å². The second-order valence-corrected chi connectivity index (χ2v) is 4.04. The highest BCUT2D eigenvalue weighted by atomic mass is 79.9. The van der Waals surface area contributed by atoms with E-state index >= 15 is 0 Å². The maximum Gasteiger partial charge on any atom is 0.331 e. The molecule has 1 rings (SSSR count). The lowest BCUT2D eigenvalue weighted by Crippen LogP contribution is -2.00. The van der Waals surface area contributed by atoms with Gasteiger partial charge in [0.15, 0.2) is 0 Å². The molecular weight excluding hydrogens is 264 g/mol. The third-order valence-corrected chi connectivity index (χ3v) is 3.11. The predicted octanol–water partition coefficient (Wildman–Crippen LogP) is 3.09. The van der Waals surface area contributed by atoms with Gasteiger partial charge >= 0.3 is 5.97 Å². The van der Waals surface area contributed by atoms with Crippen molar-refractivity contribution in [3.63, 3.8) is 0 Å². The molecule has 0 radical (unpaired) electrons. The summed E-state index contributed by atoms with van der Waals surface area (Å²) in [7, 11) is 0. The summed E-state index contributed by atoms with van der Waals surface area (Å²) in [5, 5.41) is 2.64. The molecule has 1 aromatic heterocycles. The predicted molar refractivity (Wildman–Crippen MR) is 62.7 cm³/mol. The summed E-state index contributed by atoms with van der Waals surface area (Å²) in [6.07, 6.45) is 1.53. The van der Waals surface area contributed by atoms with E-state index in [0.717, 1.165) is 10.5 Å². The number of ether oxygens (including phenoxy) is 1. The summed E-state index contributed by atoms with van der Waals surface area (Å²) >= 11 is 4.96. The minimum Gasteiger partial charge on any atom is -0.463 e. The van der Waals surface area contributed by atoms with Gasteiger partial charge in [-0.05, 0) is 23.9 Å². The van der Waals surface area contributed by atoms with E-state index in [-0.39, 0.29) is 5.97 Å². The van der Waals surface area contributed by atoms with Gasteiger partial charge in [-0.3, -0.25) is 0 Å². The Labute approximate surface area is 95.7 Å². The lowest BCUT2D eigenvalue weighted by molar-refractivity contribution is -0.137. The van der Waals surface area contributed by atoms with Crippen LogP contribution in [0.5, 0.6) is 0 Å². The van der Waals surface area contributed by atoms with Crippen molar-refractivity contribution in [2.75, 3.05) is 11.9 Å². The van der Waals surface area contributed by atoms with Crippen LogP contribution in [0.25, 0.3) is 5.57 Å². The molecule has 4 heteroatoms. The molecule has 2 nitrogen and oxygen atoms in total. The molecule has 0 saturated carbocycles. The van der Waals surface area contributed by atoms with E-state index in [1.165, 1.54) is 6.08 Å². The average Bonchev–Trinajstić information content (AvgIpc) is 2.67. The molecule has 0 spiro atoms. The molecule has 0 fully saturated rings. The van der Waals surface area contributed by atoms with Gasteiger partial charge in [-0.25, -0.2) is 4.79 Å². The fourth-order valence-corrected chi connectivity index (χ4v) is 2.36. The van der Waals surface area contributed by atoms with Crippen LogP contribution < -0.4 is 0 Å². The molecule has 1 aromatic rings. The lowest BCUT2D eigenvalue weighted by Gasteiger charge is -2.00. The number of rotatable bonds is 4. The van der Waals surface area contributed by atoms with Gasteiger partial charge in [-0.1, -0.05) is 22.0 Å². The zero-order chi connectivity index (χ0) is 10.4. The highest BCUT2D eigenvalue weighted by Gasteiger charge is 2.04. The van der Waals surface area contributed by atoms with Crippen LogP contribution in [-0.4, -0.2) is 17.9 Å². The van der Waals surface area contributed by atoms with Crippen molar-refractivity contribution in [1.82, 2.24) is 0 Å². The Morgan fingerprint density at radius 3 is 3.00 bits per heavy atom. The third kappa shape index (κ3) is 3.27. The first-order valence-corrected chi connectivity index (χ1v) is 6.25. The molecule has 0 bridgehead atoms. The largest absolute Gasteiger partial charge is 0.463 e. The number of hydrogen-bond donors (Lipinski definition) is 0. The van der Waals surface area contributed by atoms with Crippen molar-refractivity contribution in [2.45, 2.75) is 6.92 Å². The van der Waals surface area contributed by atoms with Gasteiger partial charge in [0.1, 0.15) is 0 Å². The van der Waals surface area contributed by atoms with E-state index in [9.17, 15) is 4.79 Å². The standard InChI is InChI=1S/C10H11BrO2S/c1-2-13-10(12)6-8(7-11)9-4-3-5-14-9/h3-6H,2,7H2,1H3/b8-6+. The van der Waals surface area contributed by atoms with Gasteiger partial charge in [0.05, 0.1) is 6.61 Å². The molecule has 14 heavy (non-hydrogen) atoms. The molecular formula is C10H11BrO2S. The first-order chi connectivity index (χ1) is 6.77. The number of allylic oxidation sites excluding steroid dienone is 1. The minimum absolute atomic E-state index is 0.282. The Kier molecular flexibility index (Phi) is 4.90. The smallest absolute Gasteiger partial charge is 0.331 e. The first-order valence-electron chi connectivity index (χ1n) is 4.25. The van der Waals surface area contributed by atoms with Crippen molar-refractivity contribution >= 4 is 38.8 Å². The van der Waals surface area contributed by atoms with E-state index in [4.69, 9.17) is 4.74 Å². The quantitative estimate of drug-likeness (QED) is 0.479. The van der Waals surface area contributed by atoms with Crippen LogP contribution in [0.2, 0.25) is 0 Å². The molecule has 0 N–H and O–H groups in total. The first kappa shape index (κ1) is 11.5. The second kappa shape index (κ2) is 5.98. The van der Waals surface area contributed by atoms with Crippen LogP contribution in [0.4, 0.5) is 0 Å². The second-order valence-electron chi connectivity index (χ2n) is 2.53. The molecule has 0 aliphatic carbocycles. The molecule has 0 amide bonds. The number of esters is 1. The molecule has 0 aromatic carbocycles. The fraction of sp³-hybridized carbons (Fsp3) is 0.300. The van der Waals surface area contributed by atoms with E-state index in [2.05, 4.69) is 15.9 Å². The zero-order valence-electron chi connectivity index (χ0n) is 7.83. The SMILES string of the molecule is CCOC(=O)/C=C(\CBr)c1cccs1. The third-order valence-electron chi connectivity index (χ3n) is 1.56. The molecule has 1 heterocycles. The van der Waals surface area contributed by atoms with Crippen molar-refractivity contribution in [3.05, 3.63) is 28.5 Å². The molecule has 0 aliphatic rings. The van der Waals surface area contributed by atoms with Crippen molar-refractivity contribution < 1.29 is 9.53 Å². The Bertz CT molecular complexity index is 317. The minimum atomic E-state index is -0.282. The van der Waals surface area contributed by atoms with Gasteiger partial charge in [0.25, 0.3) is 0 Å². The topological polar surface area (TPSA) is 26.3 Å². The van der Waals surface area contributed by atoms with Crippen LogP contribution in [-0.2, 0) is 9.53 Å². The van der Waals surface area contributed by atoms with Crippen LogP contribution in [0.1, 0.15) is 11.8 Å². The van der Waals surface area contributed by atoms with Crippen molar-refractivity contribution in [1.29, 1.82) is 0 Å². The maximum atomic E-state index is 11.2. The van der Waals surface area contributed by atoms with Crippen LogP contribution in [0, 0.1) is 0 Å². The lowest BCUT2D eigenvalue weighted by atomic mass is 10.2. The van der Waals surface area contributed by atoms with E-state index in [1.807, 2.05) is 17.5 Å². The number of hydrogen-bond acceptors (Lipinski definition) is 3. The van der Waals surface area contributed by atoms with Gasteiger partial charge < -0.3 is 4.74 Å². The van der Waals surface area contributed by atoms with Crippen molar-refractivity contribution in [2.24, 2.45) is 0 Å². The number of carbonyl (C=O) groups excluding carboxylic acids is 1. The Morgan fingerprint density at radius 1 is 1.71 bits per heavy atom.